The van der Waals surface area contributed by atoms with E-state index < -0.39 is 52.0 Å². The summed E-state index contributed by atoms with van der Waals surface area (Å²) in [5, 5.41) is 43.0. The fraction of sp³-hybridized carbons (Fsp3) is 0.381. The molecule has 1 amide bonds. The Hall–Kier alpha value is -3.13. The molecule has 0 radical (unpaired) electrons. The zero-order chi connectivity index (χ0) is 21.4. The molecular formula is C21H21NO7. The normalized spacial score (nSPS) is 28.8. The Labute approximate surface area is 166 Å². The second kappa shape index (κ2) is 5.93. The lowest BCUT2D eigenvalue weighted by molar-refractivity contribution is -0.147. The van der Waals surface area contributed by atoms with Crippen LogP contribution >= 0.6 is 0 Å². The number of aromatic hydroxyl groups is 1. The molecule has 8 heteroatoms. The number of aliphatic hydroxyl groups excluding tert-OH is 2. The summed E-state index contributed by atoms with van der Waals surface area (Å²) >= 11 is 0. The van der Waals surface area contributed by atoms with Gasteiger partial charge in [0.1, 0.15) is 22.8 Å². The molecule has 1 aromatic carbocycles. The predicted molar refractivity (Wildman–Crippen MR) is 101 cm³/mol. The van der Waals surface area contributed by atoms with E-state index in [4.69, 9.17) is 5.73 Å². The number of rotatable bonds is 1. The van der Waals surface area contributed by atoms with Gasteiger partial charge in [-0.3, -0.25) is 14.4 Å². The van der Waals surface area contributed by atoms with Gasteiger partial charge in [0.2, 0.25) is 5.78 Å². The van der Waals surface area contributed by atoms with Gasteiger partial charge in [0.15, 0.2) is 11.4 Å². The summed E-state index contributed by atoms with van der Waals surface area (Å²) in [5.41, 5.74) is 3.91. The Balaban J connectivity index is 1.96. The van der Waals surface area contributed by atoms with Gasteiger partial charge in [0.25, 0.3) is 5.91 Å². The van der Waals surface area contributed by atoms with E-state index in [2.05, 4.69) is 0 Å². The Morgan fingerprint density at radius 1 is 1.14 bits per heavy atom. The smallest absolute Gasteiger partial charge is 0.255 e. The number of Topliss-reactive ketones (excluding diaryl/α,β-unsaturated/α-hetero) is 2. The lowest BCUT2D eigenvalue weighted by Crippen LogP contribution is -2.58. The highest BCUT2D eigenvalue weighted by Crippen LogP contribution is 2.52. The molecule has 0 aliphatic heterocycles. The van der Waals surface area contributed by atoms with E-state index in [9.17, 15) is 34.8 Å². The summed E-state index contributed by atoms with van der Waals surface area (Å²) in [6.45, 7) is 3.50. The molecular weight excluding hydrogens is 378 g/mol. The lowest BCUT2D eigenvalue weighted by Gasteiger charge is -2.46. The number of phenolic OH excluding ortho intramolecular Hbond substituents is 1. The number of benzene rings is 1. The topological polar surface area (TPSA) is 158 Å². The highest BCUT2D eigenvalue weighted by atomic mass is 16.3. The number of amides is 1. The monoisotopic (exact) mass is 399 g/mol. The summed E-state index contributed by atoms with van der Waals surface area (Å²) in [5.74, 6) is -6.07. The summed E-state index contributed by atoms with van der Waals surface area (Å²) in [6.07, 6.45) is 0.144. The molecule has 29 heavy (non-hydrogen) atoms. The number of hydrogen-bond acceptors (Lipinski definition) is 7. The van der Waals surface area contributed by atoms with Crippen LogP contribution in [0.2, 0.25) is 0 Å². The van der Waals surface area contributed by atoms with Crippen molar-refractivity contribution in [2.45, 2.75) is 38.7 Å². The van der Waals surface area contributed by atoms with Gasteiger partial charge in [-0.15, -0.1) is 0 Å². The van der Waals surface area contributed by atoms with Crippen molar-refractivity contribution in [3.05, 3.63) is 45.2 Å². The molecule has 1 aromatic rings. The molecule has 3 aliphatic rings. The van der Waals surface area contributed by atoms with Crippen LogP contribution in [0.3, 0.4) is 0 Å². The number of ketones is 2. The van der Waals surface area contributed by atoms with Gasteiger partial charge in [0.05, 0.1) is 5.56 Å². The van der Waals surface area contributed by atoms with Gasteiger partial charge in [-0.05, 0) is 49.3 Å². The van der Waals surface area contributed by atoms with E-state index in [0.717, 1.165) is 5.56 Å². The molecule has 8 nitrogen and oxygen atoms in total. The van der Waals surface area contributed by atoms with Crippen LogP contribution in [0.25, 0.3) is 5.76 Å². The van der Waals surface area contributed by atoms with Crippen LogP contribution in [0.15, 0.2) is 23.0 Å². The summed E-state index contributed by atoms with van der Waals surface area (Å²) in [6, 6.07) is 1.78. The molecule has 3 aliphatic carbocycles. The number of aliphatic hydroxyl groups is 3. The van der Waals surface area contributed by atoms with E-state index >= 15 is 0 Å². The molecule has 1 fully saturated rings. The first-order valence-corrected chi connectivity index (χ1v) is 9.29. The third-order valence-electron chi connectivity index (χ3n) is 6.48. The van der Waals surface area contributed by atoms with Crippen LogP contribution in [0.5, 0.6) is 5.75 Å². The average molecular weight is 399 g/mol. The van der Waals surface area contributed by atoms with E-state index in [-0.39, 0.29) is 29.7 Å². The van der Waals surface area contributed by atoms with E-state index in [1.807, 2.05) is 6.92 Å². The fourth-order valence-corrected chi connectivity index (χ4v) is 5.05. The SMILES string of the molecule is Cc1cc(C)c2c(c1O)C(O)=C1C(=O)[C@]3(O)C(O)=C(C(N)=O)C(=O)C[C@@H]3C[C@@H]1C2. The molecule has 152 valence electrons. The maximum atomic E-state index is 13.3. The number of fused-ring (bicyclic) bond motifs is 3. The van der Waals surface area contributed by atoms with Gasteiger partial charge in [0, 0.05) is 17.9 Å². The lowest BCUT2D eigenvalue weighted by atomic mass is 9.59. The van der Waals surface area contributed by atoms with Gasteiger partial charge in [-0.1, -0.05) is 6.07 Å². The molecule has 0 spiro atoms. The number of aryl methyl sites for hydroxylation is 2. The van der Waals surface area contributed by atoms with Crippen molar-refractivity contribution in [2.24, 2.45) is 17.6 Å². The minimum Gasteiger partial charge on any atom is -0.508 e. The minimum absolute atomic E-state index is 0.124. The zero-order valence-electron chi connectivity index (χ0n) is 15.9. The minimum atomic E-state index is -2.52. The van der Waals surface area contributed by atoms with Gasteiger partial charge in [-0.2, -0.15) is 0 Å². The first-order chi connectivity index (χ1) is 13.5. The first kappa shape index (κ1) is 19.2. The molecule has 4 rings (SSSR count). The third kappa shape index (κ3) is 2.32. The van der Waals surface area contributed by atoms with Gasteiger partial charge < -0.3 is 26.2 Å². The van der Waals surface area contributed by atoms with Crippen LogP contribution in [0, 0.1) is 25.7 Å². The Morgan fingerprint density at radius 3 is 2.41 bits per heavy atom. The average Bonchev–Trinajstić information content (AvgIpc) is 2.62. The molecule has 6 N–H and O–H groups in total. The van der Waals surface area contributed by atoms with Crippen molar-refractivity contribution in [3.8, 4) is 5.75 Å². The summed E-state index contributed by atoms with van der Waals surface area (Å²) < 4.78 is 0. The van der Waals surface area contributed by atoms with Crippen molar-refractivity contribution < 1.29 is 34.8 Å². The van der Waals surface area contributed by atoms with Crippen molar-refractivity contribution in [1.82, 2.24) is 0 Å². The molecule has 0 bridgehead atoms. The van der Waals surface area contributed by atoms with Crippen LogP contribution in [0.1, 0.15) is 35.1 Å². The van der Waals surface area contributed by atoms with Crippen LogP contribution in [0.4, 0.5) is 0 Å². The van der Waals surface area contributed by atoms with Gasteiger partial charge >= 0.3 is 0 Å². The maximum absolute atomic E-state index is 13.3. The molecule has 0 heterocycles. The van der Waals surface area contributed by atoms with Crippen LogP contribution < -0.4 is 5.73 Å². The Bertz CT molecular complexity index is 1080. The van der Waals surface area contributed by atoms with Crippen molar-refractivity contribution in [1.29, 1.82) is 0 Å². The molecule has 0 aromatic heterocycles. The largest absolute Gasteiger partial charge is 0.508 e. The van der Waals surface area contributed by atoms with E-state index in [1.165, 1.54) is 0 Å². The number of carbonyl (C=O) groups excluding carboxylic acids is 3. The summed E-state index contributed by atoms with van der Waals surface area (Å²) in [4.78, 5) is 37.2. The first-order valence-electron chi connectivity index (χ1n) is 9.29. The second-order valence-corrected chi connectivity index (χ2v) is 8.12. The highest BCUT2D eigenvalue weighted by Gasteiger charge is 2.60. The third-order valence-corrected chi connectivity index (χ3v) is 6.48. The Morgan fingerprint density at radius 2 is 1.79 bits per heavy atom. The van der Waals surface area contributed by atoms with Crippen molar-refractivity contribution in [3.63, 3.8) is 0 Å². The van der Waals surface area contributed by atoms with Gasteiger partial charge in [-0.25, -0.2) is 0 Å². The molecule has 0 saturated heterocycles. The standard InChI is InChI=1S/C21H21NO7/c1-7-3-8(2)16(24)14-11(7)5-9-4-10-6-12(23)15(20(22)28)19(27)21(10,29)18(26)13(9)17(14)25/h3,9-10,24-25,27,29H,4-6H2,1-2H3,(H2,22,28)/t9-,10+,21+/m1/s1. The zero-order valence-corrected chi connectivity index (χ0v) is 15.9. The van der Waals surface area contributed by atoms with Crippen LogP contribution in [-0.4, -0.2) is 43.5 Å². The quantitative estimate of drug-likeness (QED) is 0.441. The molecule has 3 atom stereocenters. The fourth-order valence-electron chi connectivity index (χ4n) is 5.05. The molecule has 0 unspecified atom stereocenters. The van der Waals surface area contributed by atoms with E-state index in [0.29, 0.717) is 17.5 Å². The van der Waals surface area contributed by atoms with Crippen molar-refractivity contribution in [2.75, 3.05) is 0 Å². The van der Waals surface area contributed by atoms with Crippen LogP contribution in [-0.2, 0) is 20.8 Å². The van der Waals surface area contributed by atoms with E-state index in [1.54, 1.807) is 13.0 Å². The highest BCUT2D eigenvalue weighted by molar-refractivity contribution is 6.22. The number of phenols is 1. The second-order valence-electron chi connectivity index (χ2n) is 8.12. The number of hydrogen-bond donors (Lipinski definition) is 5. The van der Waals surface area contributed by atoms with Crippen molar-refractivity contribution >= 4 is 23.2 Å². The maximum Gasteiger partial charge on any atom is 0.255 e. The summed E-state index contributed by atoms with van der Waals surface area (Å²) in [7, 11) is 0. The predicted octanol–water partition coefficient (Wildman–Crippen LogP) is 1.04. The Kier molecular flexibility index (Phi) is 3.93. The molecule has 1 saturated carbocycles. The number of carbonyl (C=O) groups is 3. The number of primary amides is 1. The number of nitrogens with two attached hydrogens (primary N) is 1.